The van der Waals surface area contributed by atoms with Gasteiger partial charge in [0.15, 0.2) is 0 Å². The van der Waals surface area contributed by atoms with Gasteiger partial charge in [0.25, 0.3) is 0 Å². The number of hydrogen-bond acceptors (Lipinski definition) is 3. The van der Waals surface area contributed by atoms with Crippen molar-refractivity contribution in [1.29, 1.82) is 0 Å². The molecule has 17 heavy (non-hydrogen) atoms. The van der Waals surface area contributed by atoms with E-state index in [1.165, 1.54) is 25.1 Å². The normalized spacial score (nSPS) is 15.9. The molecule has 1 aliphatic heterocycles. The summed E-state index contributed by atoms with van der Waals surface area (Å²) < 4.78 is 5.37. The molecule has 1 heterocycles. The van der Waals surface area contributed by atoms with Crippen LogP contribution in [-0.4, -0.2) is 38.7 Å². The Morgan fingerprint density at radius 2 is 2.12 bits per heavy atom. The summed E-state index contributed by atoms with van der Waals surface area (Å²) >= 11 is 0. The Balaban J connectivity index is 1.81. The number of benzene rings is 1. The van der Waals surface area contributed by atoms with Gasteiger partial charge in [0, 0.05) is 12.1 Å². The minimum atomic E-state index is 0.884. The summed E-state index contributed by atoms with van der Waals surface area (Å²) in [6.45, 7) is 4.51. The first-order valence-electron chi connectivity index (χ1n) is 6.30. The van der Waals surface area contributed by atoms with E-state index in [1.807, 2.05) is 12.1 Å². The topological polar surface area (TPSA) is 24.5 Å². The lowest BCUT2D eigenvalue weighted by molar-refractivity contribution is 0.250. The maximum absolute atomic E-state index is 5.37. The third kappa shape index (κ3) is 3.45. The third-order valence-corrected chi connectivity index (χ3v) is 3.42. The second-order valence-electron chi connectivity index (χ2n) is 4.86. The fraction of sp³-hybridized carbons (Fsp3) is 0.571. The SMILES string of the molecule is COc1ccccc1CN(C)CCC1CNC1. The van der Waals surface area contributed by atoms with E-state index in [-0.39, 0.29) is 0 Å². The molecule has 0 aromatic heterocycles. The van der Waals surface area contributed by atoms with Crippen molar-refractivity contribution in [3.05, 3.63) is 29.8 Å². The lowest BCUT2D eigenvalue weighted by Crippen LogP contribution is -2.43. The van der Waals surface area contributed by atoms with Crippen LogP contribution in [0, 0.1) is 5.92 Å². The molecule has 0 spiro atoms. The van der Waals surface area contributed by atoms with Crippen LogP contribution in [0.1, 0.15) is 12.0 Å². The summed E-state index contributed by atoms with van der Waals surface area (Å²) in [5.74, 6) is 1.87. The van der Waals surface area contributed by atoms with Gasteiger partial charge in [0.1, 0.15) is 5.75 Å². The molecular weight excluding hydrogens is 212 g/mol. The van der Waals surface area contributed by atoms with E-state index in [2.05, 4.69) is 29.4 Å². The molecule has 3 nitrogen and oxygen atoms in total. The van der Waals surface area contributed by atoms with Crippen molar-refractivity contribution in [2.45, 2.75) is 13.0 Å². The van der Waals surface area contributed by atoms with Gasteiger partial charge in [0.2, 0.25) is 0 Å². The molecule has 0 bridgehead atoms. The fourth-order valence-electron chi connectivity index (χ4n) is 2.16. The van der Waals surface area contributed by atoms with E-state index in [9.17, 15) is 0 Å². The Hall–Kier alpha value is -1.06. The second-order valence-corrected chi connectivity index (χ2v) is 4.86. The monoisotopic (exact) mass is 234 g/mol. The predicted octanol–water partition coefficient (Wildman–Crippen LogP) is 1.74. The zero-order valence-corrected chi connectivity index (χ0v) is 10.8. The number of methoxy groups -OCH3 is 1. The van der Waals surface area contributed by atoms with Crippen LogP contribution < -0.4 is 10.1 Å². The Kier molecular flexibility index (Phi) is 4.40. The Morgan fingerprint density at radius 1 is 1.35 bits per heavy atom. The van der Waals surface area contributed by atoms with Gasteiger partial charge in [-0.3, -0.25) is 0 Å². The molecule has 1 aliphatic rings. The lowest BCUT2D eigenvalue weighted by Gasteiger charge is -2.29. The molecule has 1 N–H and O–H groups in total. The van der Waals surface area contributed by atoms with E-state index in [0.29, 0.717) is 0 Å². The molecule has 0 unspecified atom stereocenters. The van der Waals surface area contributed by atoms with Gasteiger partial charge in [0.05, 0.1) is 7.11 Å². The molecule has 1 fully saturated rings. The molecule has 0 atom stereocenters. The van der Waals surface area contributed by atoms with Crippen molar-refractivity contribution in [2.75, 3.05) is 33.8 Å². The van der Waals surface area contributed by atoms with Gasteiger partial charge in [-0.15, -0.1) is 0 Å². The van der Waals surface area contributed by atoms with Crippen molar-refractivity contribution < 1.29 is 4.74 Å². The minimum absolute atomic E-state index is 0.884. The molecule has 0 aliphatic carbocycles. The Labute approximate surface area is 104 Å². The molecule has 1 aromatic carbocycles. The molecule has 2 rings (SSSR count). The van der Waals surface area contributed by atoms with Gasteiger partial charge in [-0.1, -0.05) is 18.2 Å². The summed E-state index contributed by atoms with van der Waals surface area (Å²) in [6, 6.07) is 8.25. The van der Waals surface area contributed by atoms with Crippen molar-refractivity contribution in [1.82, 2.24) is 10.2 Å². The molecule has 0 saturated carbocycles. The van der Waals surface area contributed by atoms with Crippen molar-refractivity contribution in [3.63, 3.8) is 0 Å². The number of para-hydroxylation sites is 1. The van der Waals surface area contributed by atoms with Crippen LogP contribution in [0.4, 0.5) is 0 Å². The maximum Gasteiger partial charge on any atom is 0.123 e. The molecular formula is C14H22N2O. The number of hydrogen-bond donors (Lipinski definition) is 1. The largest absolute Gasteiger partial charge is 0.496 e. The highest BCUT2D eigenvalue weighted by molar-refractivity contribution is 5.32. The van der Waals surface area contributed by atoms with E-state index >= 15 is 0 Å². The Bertz CT molecular complexity index is 350. The van der Waals surface area contributed by atoms with Crippen LogP contribution in [0.2, 0.25) is 0 Å². The summed E-state index contributed by atoms with van der Waals surface area (Å²) in [4.78, 5) is 2.37. The summed E-state index contributed by atoms with van der Waals surface area (Å²) in [5, 5.41) is 3.31. The first kappa shape index (κ1) is 12.4. The standard InChI is InChI=1S/C14H22N2O/c1-16(8-7-12-9-15-10-12)11-13-5-3-4-6-14(13)17-2/h3-6,12,15H,7-11H2,1-2H3. The number of nitrogens with zero attached hydrogens (tertiary/aromatic N) is 1. The quantitative estimate of drug-likeness (QED) is 0.811. The molecule has 0 amide bonds. The first-order chi connectivity index (χ1) is 8.29. The molecule has 3 heteroatoms. The molecule has 1 saturated heterocycles. The zero-order chi connectivity index (χ0) is 12.1. The van der Waals surface area contributed by atoms with E-state index < -0.39 is 0 Å². The smallest absolute Gasteiger partial charge is 0.123 e. The summed E-state index contributed by atoms with van der Waals surface area (Å²) in [5.41, 5.74) is 1.27. The van der Waals surface area contributed by atoms with Crippen LogP contribution in [0.3, 0.4) is 0 Å². The number of ether oxygens (including phenoxy) is 1. The van der Waals surface area contributed by atoms with Crippen LogP contribution in [0.25, 0.3) is 0 Å². The highest BCUT2D eigenvalue weighted by Crippen LogP contribution is 2.19. The van der Waals surface area contributed by atoms with Crippen molar-refractivity contribution in [2.24, 2.45) is 5.92 Å². The van der Waals surface area contributed by atoms with Gasteiger partial charge in [-0.05, 0) is 45.1 Å². The van der Waals surface area contributed by atoms with Crippen LogP contribution in [-0.2, 0) is 6.54 Å². The summed E-state index contributed by atoms with van der Waals surface area (Å²) in [7, 11) is 3.91. The van der Waals surface area contributed by atoms with E-state index in [0.717, 1.165) is 24.8 Å². The van der Waals surface area contributed by atoms with Gasteiger partial charge >= 0.3 is 0 Å². The van der Waals surface area contributed by atoms with Crippen molar-refractivity contribution in [3.8, 4) is 5.75 Å². The van der Waals surface area contributed by atoms with Gasteiger partial charge in [-0.25, -0.2) is 0 Å². The average Bonchev–Trinajstić information content (AvgIpc) is 2.27. The van der Waals surface area contributed by atoms with Gasteiger partial charge in [-0.2, -0.15) is 0 Å². The van der Waals surface area contributed by atoms with Crippen LogP contribution >= 0.6 is 0 Å². The van der Waals surface area contributed by atoms with Crippen LogP contribution in [0.15, 0.2) is 24.3 Å². The third-order valence-electron chi connectivity index (χ3n) is 3.42. The van der Waals surface area contributed by atoms with Crippen molar-refractivity contribution >= 4 is 0 Å². The number of nitrogens with one attached hydrogen (secondary N) is 1. The minimum Gasteiger partial charge on any atom is -0.496 e. The van der Waals surface area contributed by atoms with E-state index in [4.69, 9.17) is 4.74 Å². The highest BCUT2D eigenvalue weighted by atomic mass is 16.5. The molecule has 1 aromatic rings. The van der Waals surface area contributed by atoms with Gasteiger partial charge < -0.3 is 15.0 Å². The van der Waals surface area contributed by atoms with Crippen LogP contribution in [0.5, 0.6) is 5.75 Å². The maximum atomic E-state index is 5.37. The van der Waals surface area contributed by atoms with E-state index in [1.54, 1.807) is 7.11 Å². The second kappa shape index (κ2) is 6.03. The molecule has 94 valence electrons. The predicted molar refractivity (Wildman–Crippen MR) is 70.3 cm³/mol. The average molecular weight is 234 g/mol. The number of rotatable bonds is 6. The first-order valence-corrected chi connectivity index (χ1v) is 6.30. The fourth-order valence-corrected chi connectivity index (χ4v) is 2.16. The zero-order valence-electron chi connectivity index (χ0n) is 10.8. The summed E-state index contributed by atoms with van der Waals surface area (Å²) in [6.07, 6.45) is 1.29. The lowest BCUT2D eigenvalue weighted by atomic mass is 9.99. The highest BCUT2D eigenvalue weighted by Gasteiger charge is 2.16. The Morgan fingerprint density at radius 3 is 2.76 bits per heavy atom. The molecule has 0 radical (unpaired) electrons.